The van der Waals surface area contributed by atoms with Gasteiger partial charge in [-0.15, -0.1) is 5.10 Å². The molecule has 3 amide bonds. The molecule has 0 spiro atoms. The van der Waals surface area contributed by atoms with E-state index in [2.05, 4.69) is 26.7 Å². The lowest BCUT2D eigenvalue weighted by Gasteiger charge is -2.13. The standard InChI is InChI=1S/C22H20N4O6/c1-30-17-9-14(10-18(31-2)20(17)32-3)21(28)23-12-19(27)26-24-11-15-8-13-6-4-5-7-16(13)25-22(15)29/h4-10H,12H2,1-3H3,(H,23,28)(H,26,27). The zero-order valence-electron chi connectivity index (χ0n) is 17.6. The monoisotopic (exact) mass is 436 g/mol. The first-order valence-corrected chi connectivity index (χ1v) is 9.36. The van der Waals surface area contributed by atoms with Crippen molar-refractivity contribution in [3.05, 3.63) is 58.1 Å². The fourth-order valence-electron chi connectivity index (χ4n) is 2.84. The number of carbonyl (C=O) groups is 3. The Kier molecular flexibility index (Phi) is 6.99. The topological polar surface area (TPSA) is 128 Å². The summed E-state index contributed by atoms with van der Waals surface area (Å²) in [6.45, 7) is -0.360. The van der Waals surface area contributed by atoms with E-state index in [1.807, 2.05) is 6.07 Å². The van der Waals surface area contributed by atoms with Gasteiger partial charge in [-0.1, -0.05) is 18.2 Å². The SMILES string of the molecule is COc1cc(C(=O)NCC(=O)NN=C=C2C=c3ccccc3=NC2=O)cc(OC)c1OC. The molecule has 0 radical (unpaired) electrons. The van der Waals surface area contributed by atoms with Gasteiger partial charge in [0.15, 0.2) is 11.5 Å². The number of rotatable bonds is 7. The van der Waals surface area contributed by atoms with Crippen LogP contribution < -0.4 is 35.5 Å². The third kappa shape index (κ3) is 5.00. The van der Waals surface area contributed by atoms with Crippen LogP contribution in [-0.4, -0.2) is 51.5 Å². The van der Waals surface area contributed by atoms with Gasteiger partial charge in [-0.25, -0.2) is 10.4 Å². The van der Waals surface area contributed by atoms with Gasteiger partial charge in [0.05, 0.1) is 33.2 Å². The number of para-hydroxylation sites is 1. The molecule has 0 saturated heterocycles. The molecule has 2 N–H and O–H groups in total. The second-order valence-electron chi connectivity index (χ2n) is 6.39. The average Bonchev–Trinajstić information content (AvgIpc) is 2.81. The van der Waals surface area contributed by atoms with Crippen molar-refractivity contribution in [3.8, 4) is 17.2 Å². The first-order chi connectivity index (χ1) is 15.5. The Morgan fingerprint density at radius 2 is 1.75 bits per heavy atom. The first kappa shape index (κ1) is 22.3. The van der Waals surface area contributed by atoms with E-state index in [1.165, 1.54) is 33.5 Å². The summed E-state index contributed by atoms with van der Waals surface area (Å²) in [7, 11) is 4.31. The highest BCUT2D eigenvalue weighted by Gasteiger charge is 2.17. The number of nitrogens with one attached hydrogen (secondary N) is 2. The number of ether oxygens (including phenoxy) is 3. The zero-order valence-corrected chi connectivity index (χ0v) is 17.6. The van der Waals surface area contributed by atoms with Crippen molar-refractivity contribution in [1.82, 2.24) is 10.7 Å². The van der Waals surface area contributed by atoms with Crippen molar-refractivity contribution in [2.75, 3.05) is 27.9 Å². The van der Waals surface area contributed by atoms with Crippen molar-refractivity contribution in [2.24, 2.45) is 10.1 Å². The predicted octanol–water partition coefficient (Wildman–Crippen LogP) is -0.290. The lowest BCUT2D eigenvalue weighted by Crippen LogP contribution is -2.35. The van der Waals surface area contributed by atoms with E-state index in [4.69, 9.17) is 14.2 Å². The van der Waals surface area contributed by atoms with E-state index >= 15 is 0 Å². The highest BCUT2D eigenvalue weighted by molar-refractivity contribution is 6.10. The minimum absolute atomic E-state index is 0.102. The van der Waals surface area contributed by atoms with Crippen LogP contribution in [0, 0.1) is 0 Å². The van der Waals surface area contributed by atoms with Gasteiger partial charge in [0.1, 0.15) is 5.57 Å². The summed E-state index contributed by atoms with van der Waals surface area (Å²) < 4.78 is 15.6. The molecule has 0 bridgehead atoms. The third-order valence-electron chi connectivity index (χ3n) is 4.38. The fraction of sp³-hybridized carbons (Fsp3) is 0.182. The number of amides is 3. The summed E-state index contributed by atoms with van der Waals surface area (Å²) >= 11 is 0. The molecule has 2 aromatic rings. The second kappa shape index (κ2) is 10.1. The first-order valence-electron chi connectivity index (χ1n) is 9.36. The van der Waals surface area contributed by atoms with Crippen molar-refractivity contribution in [3.63, 3.8) is 0 Å². The van der Waals surface area contributed by atoms with Crippen LogP contribution in [0.1, 0.15) is 10.4 Å². The highest BCUT2D eigenvalue weighted by Crippen LogP contribution is 2.38. The summed E-state index contributed by atoms with van der Waals surface area (Å²) in [6, 6.07) is 10.0. The lowest BCUT2D eigenvalue weighted by atomic mass is 10.1. The Hall–Kier alpha value is -4.43. The van der Waals surface area contributed by atoms with Crippen molar-refractivity contribution < 1.29 is 28.6 Å². The maximum atomic E-state index is 12.4. The third-order valence-corrected chi connectivity index (χ3v) is 4.38. The maximum Gasteiger partial charge on any atom is 0.287 e. The molecule has 10 heteroatoms. The quantitative estimate of drug-likeness (QED) is 0.349. The summed E-state index contributed by atoms with van der Waals surface area (Å²) in [4.78, 5) is 40.3. The Morgan fingerprint density at radius 1 is 1.06 bits per heavy atom. The molecule has 3 rings (SSSR count). The molecule has 0 saturated carbocycles. The molecule has 10 nitrogen and oxygen atoms in total. The minimum Gasteiger partial charge on any atom is -0.493 e. The molecule has 1 aliphatic heterocycles. The smallest absolute Gasteiger partial charge is 0.287 e. The Balaban J connectivity index is 1.64. The summed E-state index contributed by atoms with van der Waals surface area (Å²) in [6.07, 6.45) is 1.58. The van der Waals surface area contributed by atoms with E-state index in [9.17, 15) is 14.4 Å². The molecule has 32 heavy (non-hydrogen) atoms. The van der Waals surface area contributed by atoms with Gasteiger partial charge in [-0.05, 0) is 24.3 Å². The molecule has 2 aromatic carbocycles. The van der Waals surface area contributed by atoms with E-state index in [-0.39, 0.29) is 17.7 Å². The number of nitrogens with zero attached hydrogens (tertiary/aromatic N) is 2. The second-order valence-corrected chi connectivity index (χ2v) is 6.39. The van der Waals surface area contributed by atoms with Gasteiger partial charge in [0.2, 0.25) is 5.75 Å². The molecule has 0 atom stereocenters. The predicted molar refractivity (Wildman–Crippen MR) is 114 cm³/mol. The molecule has 0 unspecified atom stereocenters. The van der Waals surface area contributed by atoms with Gasteiger partial charge < -0.3 is 19.5 Å². The molecule has 0 fully saturated rings. The van der Waals surface area contributed by atoms with Crippen molar-refractivity contribution in [1.29, 1.82) is 0 Å². The van der Waals surface area contributed by atoms with Crippen LogP contribution in [-0.2, 0) is 9.59 Å². The Morgan fingerprint density at radius 3 is 2.41 bits per heavy atom. The Bertz CT molecular complexity index is 1240. The van der Waals surface area contributed by atoms with Crippen LogP contribution >= 0.6 is 0 Å². The van der Waals surface area contributed by atoms with E-state index < -0.39 is 17.7 Å². The maximum absolute atomic E-state index is 12.4. The lowest BCUT2D eigenvalue weighted by molar-refractivity contribution is -0.120. The van der Waals surface area contributed by atoms with Crippen LogP contribution in [0.15, 0.2) is 52.1 Å². The molecule has 164 valence electrons. The summed E-state index contributed by atoms with van der Waals surface area (Å²) in [5.74, 6) is 1.74. The number of benzene rings is 2. The van der Waals surface area contributed by atoms with Gasteiger partial charge in [-0.3, -0.25) is 14.4 Å². The van der Waals surface area contributed by atoms with Gasteiger partial charge in [0.25, 0.3) is 17.7 Å². The molecular weight excluding hydrogens is 416 g/mol. The van der Waals surface area contributed by atoms with Crippen LogP contribution in [0.5, 0.6) is 17.2 Å². The number of fused-ring (bicyclic) bond motifs is 1. The molecular formula is C22H20N4O6. The molecule has 1 heterocycles. The average molecular weight is 436 g/mol. The fourth-order valence-corrected chi connectivity index (χ4v) is 2.84. The van der Waals surface area contributed by atoms with Crippen LogP contribution in [0.25, 0.3) is 6.08 Å². The summed E-state index contributed by atoms with van der Waals surface area (Å²) in [5.41, 5.74) is 2.51. The van der Waals surface area contributed by atoms with Gasteiger partial charge in [0, 0.05) is 16.7 Å². The largest absolute Gasteiger partial charge is 0.493 e. The molecule has 0 aromatic heterocycles. The van der Waals surface area contributed by atoms with Gasteiger partial charge in [-0.2, -0.15) is 0 Å². The van der Waals surface area contributed by atoms with Crippen LogP contribution in [0.3, 0.4) is 0 Å². The van der Waals surface area contributed by atoms with Crippen molar-refractivity contribution >= 4 is 29.7 Å². The molecule has 1 aliphatic rings. The van der Waals surface area contributed by atoms with E-state index in [1.54, 1.807) is 24.3 Å². The number of methoxy groups -OCH3 is 3. The summed E-state index contributed by atoms with van der Waals surface area (Å²) in [5, 5.41) is 7.40. The number of hydrogen-bond donors (Lipinski definition) is 2. The number of carbonyl (C=O) groups excluding carboxylic acids is 3. The normalized spacial score (nSPS) is 11.7. The van der Waals surface area contributed by atoms with E-state index in [0.29, 0.717) is 22.6 Å². The zero-order chi connectivity index (χ0) is 23.1. The van der Waals surface area contributed by atoms with E-state index in [0.717, 1.165) is 5.22 Å². The van der Waals surface area contributed by atoms with Crippen LogP contribution in [0.4, 0.5) is 0 Å². The van der Waals surface area contributed by atoms with Crippen LogP contribution in [0.2, 0.25) is 0 Å². The number of hydrogen-bond acceptors (Lipinski definition) is 7. The number of hydrazone groups is 1. The molecule has 0 aliphatic carbocycles. The van der Waals surface area contributed by atoms with Crippen molar-refractivity contribution in [2.45, 2.75) is 0 Å². The van der Waals surface area contributed by atoms with Gasteiger partial charge >= 0.3 is 0 Å². The Labute approximate surface area is 182 Å². The highest BCUT2D eigenvalue weighted by atomic mass is 16.5. The minimum atomic E-state index is -0.612.